The van der Waals surface area contributed by atoms with Crippen LogP contribution in [0.5, 0.6) is 0 Å². The molecule has 0 saturated heterocycles. The fraction of sp³-hybridized carbons (Fsp3) is 0.333. The van der Waals surface area contributed by atoms with Crippen LogP contribution >= 0.6 is 0 Å². The summed E-state index contributed by atoms with van der Waals surface area (Å²) in [5.41, 5.74) is 6.21. The summed E-state index contributed by atoms with van der Waals surface area (Å²) in [7, 11) is 0. The summed E-state index contributed by atoms with van der Waals surface area (Å²) in [5.74, 6) is 0. The zero-order chi connectivity index (χ0) is 14.5. The molecule has 0 aromatic heterocycles. The van der Waals surface area contributed by atoms with E-state index < -0.39 is 0 Å². The quantitative estimate of drug-likeness (QED) is 0.859. The second kappa shape index (κ2) is 6.58. The predicted molar refractivity (Wildman–Crippen MR) is 85.2 cm³/mol. The van der Waals surface area contributed by atoms with E-state index in [1.807, 2.05) is 0 Å². The average molecular weight is 269 g/mol. The molecule has 2 nitrogen and oxygen atoms in total. The van der Waals surface area contributed by atoms with Gasteiger partial charge in [0.15, 0.2) is 0 Å². The van der Waals surface area contributed by atoms with E-state index in [0.29, 0.717) is 6.42 Å². The maximum atomic E-state index is 8.92. The molecule has 0 spiro atoms. The Morgan fingerprint density at radius 3 is 2.40 bits per heavy atom. The van der Waals surface area contributed by atoms with Gasteiger partial charge in [0.1, 0.15) is 0 Å². The molecule has 0 saturated carbocycles. The number of hydrogen-bond donors (Lipinski definition) is 2. The highest BCUT2D eigenvalue weighted by Gasteiger charge is 2.08. The van der Waals surface area contributed by atoms with Gasteiger partial charge in [0.2, 0.25) is 0 Å². The van der Waals surface area contributed by atoms with Crippen LogP contribution in [0, 0.1) is 13.8 Å². The van der Waals surface area contributed by atoms with Crippen molar-refractivity contribution in [2.45, 2.75) is 33.2 Å². The molecule has 0 fully saturated rings. The zero-order valence-electron chi connectivity index (χ0n) is 12.5. The monoisotopic (exact) mass is 269 g/mol. The third-order valence-corrected chi connectivity index (χ3v) is 3.64. The molecule has 106 valence electrons. The fourth-order valence-electron chi connectivity index (χ4n) is 2.45. The van der Waals surface area contributed by atoms with Crippen molar-refractivity contribution in [2.24, 2.45) is 0 Å². The lowest BCUT2D eigenvalue weighted by Crippen LogP contribution is -2.08. The number of aryl methyl sites for hydroxylation is 2. The zero-order valence-corrected chi connectivity index (χ0v) is 12.5. The Labute approximate surface area is 121 Å². The van der Waals surface area contributed by atoms with E-state index in [-0.39, 0.29) is 12.6 Å². The van der Waals surface area contributed by atoms with Crippen LogP contribution in [-0.4, -0.2) is 11.7 Å². The van der Waals surface area contributed by atoms with E-state index in [2.05, 4.69) is 68.6 Å². The number of aliphatic hydroxyl groups is 1. The maximum absolute atomic E-state index is 8.92. The van der Waals surface area contributed by atoms with Crippen LogP contribution in [0.25, 0.3) is 0 Å². The lowest BCUT2D eigenvalue weighted by molar-refractivity contribution is 0.299. The van der Waals surface area contributed by atoms with Gasteiger partial charge in [-0.05, 0) is 56.0 Å². The Morgan fingerprint density at radius 1 is 1.05 bits per heavy atom. The number of nitrogens with one attached hydrogen (secondary N) is 1. The van der Waals surface area contributed by atoms with Crippen molar-refractivity contribution in [3.05, 3.63) is 64.7 Å². The minimum absolute atomic E-state index is 0.200. The number of aliphatic hydroxyl groups excluding tert-OH is 1. The Kier molecular flexibility index (Phi) is 4.80. The average Bonchev–Trinajstić information content (AvgIpc) is 2.44. The first-order valence-corrected chi connectivity index (χ1v) is 7.13. The van der Waals surface area contributed by atoms with Gasteiger partial charge in [-0.2, -0.15) is 0 Å². The van der Waals surface area contributed by atoms with Gasteiger partial charge < -0.3 is 10.4 Å². The molecule has 0 radical (unpaired) electrons. The molecular weight excluding hydrogens is 246 g/mol. The maximum Gasteiger partial charge on any atom is 0.0488 e. The summed E-state index contributed by atoms with van der Waals surface area (Å²) in [6, 6.07) is 15.1. The van der Waals surface area contributed by atoms with E-state index in [4.69, 9.17) is 5.11 Å². The van der Waals surface area contributed by atoms with Crippen LogP contribution in [0.4, 0.5) is 5.69 Å². The summed E-state index contributed by atoms with van der Waals surface area (Å²) >= 11 is 0. The molecule has 0 heterocycles. The second-order valence-electron chi connectivity index (χ2n) is 5.40. The van der Waals surface area contributed by atoms with Crippen molar-refractivity contribution < 1.29 is 5.11 Å². The van der Waals surface area contributed by atoms with Crippen molar-refractivity contribution in [2.75, 3.05) is 11.9 Å². The molecule has 0 aliphatic heterocycles. The Hall–Kier alpha value is -1.80. The molecule has 0 amide bonds. The standard InChI is InChI=1S/C18H23NO/c1-13-4-5-14(2)18(12-13)15(3)19-17-8-6-16(7-9-17)10-11-20/h4-9,12,15,19-20H,10-11H2,1-3H3. The highest BCUT2D eigenvalue weighted by molar-refractivity contribution is 5.48. The van der Waals surface area contributed by atoms with Crippen LogP contribution in [0.2, 0.25) is 0 Å². The number of hydrogen-bond acceptors (Lipinski definition) is 2. The molecule has 2 heteroatoms. The summed E-state index contributed by atoms with van der Waals surface area (Å²) in [6.07, 6.45) is 0.715. The first kappa shape index (κ1) is 14.6. The van der Waals surface area contributed by atoms with Crippen molar-refractivity contribution in [1.82, 2.24) is 0 Å². The molecule has 2 aromatic carbocycles. The fourth-order valence-corrected chi connectivity index (χ4v) is 2.45. The van der Waals surface area contributed by atoms with Crippen LogP contribution in [-0.2, 0) is 6.42 Å². The molecule has 2 rings (SSSR count). The number of anilines is 1. The van der Waals surface area contributed by atoms with Crippen molar-refractivity contribution in [3.63, 3.8) is 0 Å². The van der Waals surface area contributed by atoms with Gasteiger partial charge >= 0.3 is 0 Å². The first-order chi connectivity index (χ1) is 9.60. The predicted octanol–water partition coefficient (Wildman–Crippen LogP) is 4.01. The van der Waals surface area contributed by atoms with E-state index >= 15 is 0 Å². The van der Waals surface area contributed by atoms with Crippen LogP contribution in [0.1, 0.15) is 35.2 Å². The highest BCUT2D eigenvalue weighted by Crippen LogP contribution is 2.23. The lowest BCUT2D eigenvalue weighted by Gasteiger charge is -2.18. The SMILES string of the molecule is Cc1ccc(C)c(C(C)Nc2ccc(CCO)cc2)c1. The van der Waals surface area contributed by atoms with Gasteiger partial charge in [-0.15, -0.1) is 0 Å². The summed E-state index contributed by atoms with van der Waals surface area (Å²) < 4.78 is 0. The van der Waals surface area contributed by atoms with Gasteiger partial charge in [0.25, 0.3) is 0 Å². The van der Waals surface area contributed by atoms with Gasteiger partial charge in [0.05, 0.1) is 0 Å². The van der Waals surface area contributed by atoms with Crippen molar-refractivity contribution in [1.29, 1.82) is 0 Å². The smallest absolute Gasteiger partial charge is 0.0488 e. The largest absolute Gasteiger partial charge is 0.396 e. The molecule has 2 N–H and O–H groups in total. The normalized spacial score (nSPS) is 12.2. The van der Waals surface area contributed by atoms with E-state index in [1.165, 1.54) is 16.7 Å². The third kappa shape index (κ3) is 3.61. The first-order valence-electron chi connectivity index (χ1n) is 7.13. The topological polar surface area (TPSA) is 32.3 Å². The van der Waals surface area contributed by atoms with Gasteiger partial charge in [-0.1, -0.05) is 35.9 Å². The van der Waals surface area contributed by atoms with Crippen LogP contribution in [0.15, 0.2) is 42.5 Å². The molecule has 0 aliphatic carbocycles. The van der Waals surface area contributed by atoms with E-state index in [0.717, 1.165) is 11.3 Å². The van der Waals surface area contributed by atoms with Gasteiger partial charge in [0, 0.05) is 18.3 Å². The number of rotatable bonds is 5. The van der Waals surface area contributed by atoms with Gasteiger partial charge in [-0.25, -0.2) is 0 Å². The third-order valence-electron chi connectivity index (χ3n) is 3.64. The van der Waals surface area contributed by atoms with Crippen molar-refractivity contribution in [3.8, 4) is 0 Å². The Balaban J connectivity index is 2.10. The summed E-state index contributed by atoms with van der Waals surface area (Å²) in [4.78, 5) is 0. The molecule has 1 unspecified atom stereocenters. The Bertz CT molecular complexity index is 560. The van der Waals surface area contributed by atoms with Crippen LogP contribution in [0.3, 0.4) is 0 Å². The van der Waals surface area contributed by atoms with E-state index in [9.17, 15) is 0 Å². The summed E-state index contributed by atoms with van der Waals surface area (Å²) in [6.45, 7) is 6.66. The number of benzene rings is 2. The summed E-state index contributed by atoms with van der Waals surface area (Å²) in [5, 5.41) is 12.5. The Morgan fingerprint density at radius 2 is 1.75 bits per heavy atom. The minimum atomic E-state index is 0.200. The molecule has 0 bridgehead atoms. The lowest BCUT2D eigenvalue weighted by atomic mass is 9.99. The molecule has 20 heavy (non-hydrogen) atoms. The minimum Gasteiger partial charge on any atom is -0.396 e. The molecule has 0 aliphatic rings. The van der Waals surface area contributed by atoms with Crippen molar-refractivity contribution >= 4 is 5.69 Å². The molecular formula is C18H23NO. The second-order valence-corrected chi connectivity index (χ2v) is 5.40. The molecule has 2 aromatic rings. The molecule has 1 atom stereocenters. The van der Waals surface area contributed by atoms with E-state index in [1.54, 1.807) is 0 Å². The van der Waals surface area contributed by atoms with Gasteiger partial charge in [-0.3, -0.25) is 0 Å². The van der Waals surface area contributed by atoms with Crippen LogP contribution < -0.4 is 5.32 Å². The highest BCUT2D eigenvalue weighted by atomic mass is 16.2.